The van der Waals surface area contributed by atoms with Gasteiger partial charge < -0.3 is 10.1 Å². The first-order valence-corrected chi connectivity index (χ1v) is 6.08. The van der Waals surface area contributed by atoms with E-state index in [1.54, 1.807) is 6.92 Å². The Kier molecular flexibility index (Phi) is 5.22. The minimum absolute atomic E-state index is 0.294. The Morgan fingerprint density at radius 2 is 2.18 bits per heavy atom. The summed E-state index contributed by atoms with van der Waals surface area (Å²) in [5.74, 6) is -0.294. The van der Waals surface area contributed by atoms with Crippen LogP contribution in [0, 0.1) is 6.92 Å². The standard InChI is InChI=1S/C13H16BrNO2/c1-9-6-11(14)8-12(7-9)15-5-4-10(2)13(16)17-3/h4,6-8,15H,5H2,1-3H3/b10-4+. The van der Waals surface area contributed by atoms with Gasteiger partial charge in [0.1, 0.15) is 0 Å². The Hall–Kier alpha value is -1.29. The smallest absolute Gasteiger partial charge is 0.333 e. The summed E-state index contributed by atoms with van der Waals surface area (Å²) in [4.78, 5) is 11.1. The van der Waals surface area contributed by atoms with Crippen LogP contribution in [-0.2, 0) is 9.53 Å². The fourth-order valence-corrected chi connectivity index (χ4v) is 2.01. The van der Waals surface area contributed by atoms with Crippen molar-refractivity contribution in [2.45, 2.75) is 13.8 Å². The fourth-order valence-electron chi connectivity index (χ4n) is 1.40. The molecule has 0 amide bonds. The number of rotatable bonds is 4. The first kappa shape index (κ1) is 13.8. The summed E-state index contributed by atoms with van der Waals surface area (Å²) < 4.78 is 5.65. The van der Waals surface area contributed by atoms with Gasteiger partial charge in [-0.1, -0.05) is 22.0 Å². The van der Waals surface area contributed by atoms with Crippen LogP contribution >= 0.6 is 15.9 Å². The molecule has 0 saturated carbocycles. The molecule has 0 spiro atoms. The first-order chi connectivity index (χ1) is 8.02. The maximum atomic E-state index is 11.1. The van der Waals surface area contributed by atoms with Gasteiger partial charge in [0.05, 0.1) is 7.11 Å². The summed E-state index contributed by atoms with van der Waals surface area (Å²) in [7, 11) is 1.38. The van der Waals surface area contributed by atoms with Crippen molar-refractivity contribution in [1.82, 2.24) is 0 Å². The lowest BCUT2D eigenvalue weighted by molar-refractivity contribution is -0.136. The number of nitrogens with one attached hydrogen (secondary N) is 1. The fraction of sp³-hybridized carbons (Fsp3) is 0.308. The first-order valence-electron chi connectivity index (χ1n) is 5.29. The highest BCUT2D eigenvalue weighted by atomic mass is 79.9. The molecule has 1 aromatic carbocycles. The Balaban J connectivity index is 2.59. The summed E-state index contributed by atoms with van der Waals surface area (Å²) in [6.07, 6.45) is 1.81. The molecular formula is C13H16BrNO2. The Labute approximate surface area is 110 Å². The predicted molar refractivity (Wildman–Crippen MR) is 73.1 cm³/mol. The molecule has 0 unspecified atom stereocenters. The number of hydrogen-bond acceptors (Lipinski definition) is 3. The number of halogens is 1. The number of methoxy groups -OCH3 is 1. The van der Waals surface area contributed by atoms with E-state index in [2.05, 4.69) is 26.0 Å². The quantitative estimate of drug-likeness (QED) is 0.685. The summed E-state index contributed by atoms with van der Waals surface area (Å²) in [5, 5.41) is 3.22. The van der Waals surface area contributed by atoms with E-state index in [4.69, 9.17) is 0 Å². The number of hydrogen-bond donors (Lipinski definition) is 1. The van der Waals surface area contributed by atoms with Gasteiger partial charge in [0.2, 0.25) is 0 Å². The average molecular weight is 298 g/mol. The second-order valence-electron chi connectivity index (χ2n) is 3.78. The van der Waals surface area contributed by atoms with Gasteiger partial charge in [0, 0.05) is 22.3 Å². The molecule has 0 bridgehead atoms. The molecule has 4 heteroatoms. The number of aryl methyl sites for hydroxylation is 1. The second kappa shape index (κ2) is 6.45. The third-order valence-electron chi connectivity index (χ3n) is 2.26. The topological polar surface area (TPSA) is 38.3 Å². The molecule has 0 aromatic heterocycles. The summed E-state index contributed by atoms with van der Waals surface area (Å²) in [6, 6.07) is 6.08. The van der Waals surface area contributed by atoms with Crippen LogP contribution in [0.15, 0.2) is 34.3 Å². The molecule has 17 heavy (non-hydrogen) atoms. The number of carbonyl (C=O) groups is 1. The molecule has 1 N–H and O–H groups in total. The van der Waals surface area contributed by atoms with Crippen molar-refractivity contribution in [1.29, 1.82) is 0 Å². The molecule has 0 aliphatic carbocycles. The van der Waals surface area contributed by atoms with Gasteiger partial charge >= 0.3 is 5.97 Å². The molecule has 0 radical (unpaired) electrons. The summed E-state index contributed by atoms with van der Waals surface area (Å²) >= 11 is 3.44. The molecule has 0 saturated heterocycles. The molecule has 0 atom stereocenters. The van der Waals surface area contributed by atoms with E-state index >= 15 is 0 Å². The second-order valence-corrected chi connectivity index (χ2v) is 4.69. The predicted octanol–water partition coefficient (Wildman–Crippen LogP) is 3.29. The van der Waals surface area contributed by atoms with E-state index in [0.29, 0.717) is 12.1 Å². The zero-order chi connectivity index (χ0) is 12.8. The molecule has 1 rings (SSSR count). The van der Waals surface area contributed by atoms with Crippen molar-refractivity contribution in [3.05, 3.63) is 39.9 Å². The maximum absolute atomic E-state index is 11.1. The van der Waals surface area contributed by atoms with Gasteiger partial charge in [-0.2, -0.15) is 0 Å². The average Bonchev–Trinajstić information content (AvgIpc) is 2.26. The number of esters is 1. The van der Waals surface area contributed by atoms with E-state index in [-0.39, 0.29) is 5.97 Å². The van der Waals surface area contributed by atoms with Crippen LogP contribution in [0.2, 0.25) is 0 Å². The number of ether oxygens (including phenoxy) is 1. The molecule has 0 heterocycles. The van der Waals surface area contributed by atoms with Crippen LogP contribution in [-0.4, -0.2) is 19.6 Å². The molecule has 0 fully saturated rings. The normalized spacial score (nSPS) is 11.2. The summed E-state index contributed by atoms with van der Waals surface area (Å²) in [6.45, 7) is 4.36. The molecule has 3 nitrogen and oxygen atoms in total. The lowest BCUT2D eigenvalue weighted by atomic mass is 10.2. The summed E-state index contributed by atoms with van der Waals surface area (Å²) in [5.41, 5.74) is 2.80. The lowest BCUT2D eigenvalue weighted by Gasteiger charge is -2.06. The highest BCUT2D eigenvalue weighted by Crippen LogP contribution is 2.18. The van der Waals surface area contributed by atoms with Crippen molar-refractivity contribution in [3.63, 3.8) is 0 Å². The van der Waals surface area contributed by atoms with Crippen LogP contribution in [0.4, 0.5) is 5.69 Å². The third-order valence-corrected chi connectivity index (χ3v) is 2.72. The van der Waals surface area contributed by atoms with Crippen LogP contribution in [0.1, 0.15) is 12.5 Å². The van der Waals surface area contributed by atoms with E-state index in [1.807, 2.05) is 31.2 Å². The van der Waals surface area contributed by atoms with Gasteiger partial charge in [-0.25, -0.2) is 4.79 Å². The molecule has 1 aromatic rings. The zero-order valence-electron chi connectivity index (χ0n) is 10.2. The van der Waals surface area contributed by atoms with Crippen molar-refractivity contribution < 1.29 is 9.53 Å². The molecule has 0 aliphatic heterocycles. The van der Waals surface area contributed by atoms with E-state index in [0.717, 1.165) is 10.2 Å². The van der Waals surface area contributed by atoms with E-state index in [9.17, 15) is 4.79 Å². The highest BCUT2D eigenvalue weighted by molar-refractivity contribution is 9.10. The van der Waals surface area contributed by atoms with Gasteiger partial charge in [-0.05, 0) is 37.6 Å². The van der Waals surface area contributed by atoms with Gasteiger partial charge in [-0.3, -0.25) is 0 Å². The minimum atomic E-state index is -0.294. The van der Waals surface area contributed by atoms with Crippen molar-refractivity contribution in [3.8, 4) is 0 Å². The molecular weight excluding hydrogens is 282 g/mol. The van der Waals surface area contributed by atoms with Gasteiger partial charge in [0.15, 0.2) is 0 Å². The molecule has 92 valence electrons. The maximum Gasteiger partial charge on any atom is 0.333 e. The highest BCUT2D eigenvalue weighted by Gasteiger charge is 2.01. The van der Waals surface area contributed by atoms with E-state index in [1.165, 1.54) is 12.7 Å². The van der Waals surface area contributed by atoms with Crippen LogP contribution in [0.3, 0.4) is 0 Å². The SMILES string of the molecule is COC(=O)/C(C)=C/CNc1cc(C)cc(Br)c1. The Morgan fingerprint density at radius 1 is 1.47 bits per heavy atom. The van der Waals surface area contributed by atoms with Gasteiger partial charge in [0.25, 0.3) is 0 Å². The monoisotopic (exact) mass is 297 g/mol. The minimum Gasteiger partial charge on any atom is -0.466 e. The third kappa shape index (κ3) is 4.61. The number of carbonyl (C=O) groups excluding carboxylic acids is 1. The van der Waals surface area contributed by atoms with Crippen molar-refractivity contribution in [2.75, 3.05) is 19.0 Å². The van der Waals surface area contributed by atoms with Crippen molar-refractivity contribution in [2.24, 2.45) is 0 Å². The van der Waals surface area contributed by atoms with Gasteiger partial charge in [-0.15, -0.1) is 0 Å². The molecule has 0 aliphatic rings. The number of benzene rings is 1. The zero-order valence-corrected chi connectivity index (χ0v) is 11.8. The van der Waals surface area contributed by atoms with Crippen LogP contribution < -0.4 is 5.32 Å². The van der Waals surface area contributed by atoms with Crippen molar-refractivity contribution >= 4 is 27.6 Å². The lowest BCUT2D eigenvalue weighted by Crippen LogP contribution is -2.05. The number of anilines is 1. The van der Waals surface area contributed by atoms with Crippen LogP contribution in [0.25, 0.3) is 0 Å². The largest absolute Gasteiger partial charge is 0.466 e. The van der Waals surface area contributed by atoms with E-state index < -0.39 is 0 Å². The Morgan fingerprint density at radius 3 is 2.76 bits per heavy atom. The van der Waals surface area contributed by atoms with Crippen LogP contribution in [0.5, 0.6) is 0 Å². The Bertz CT molecular complexity index is 421.